The zero-order valence-electron chi connectivity index (χ0n) is 50.3. The van der Waals surface area contributed by atoms with Crippen LogP contribution in [0, 0.1) is 0 Å². The average molecular weight is 1120 g/mol. The third-order valence-corrected chi connectivity index (χ3v) is 23.7. The van der Waals surface area contributed by atoms with Crippen molar-refractivity contribution in [3.8, 4) is 39.6 Å². The number of nitrogens with zero attached hydrogens (tertiary/aromatic N) is 3. The summed E-state index contributed by atoms with van der Waals surface area (Å²) < 4.78 is 9.67. The zero-order chi connectivity index (χ0) is 58.0. The number of anilines is 4. The van der Waals surface area contributed by atoms with Gasteiger partial charge in [-0.15, -0.1) is 0 Å². The van der Waals surface area contributed by atoms with E-state index in [2.05, 4.69) is 305 Å². The zero-order valence-corrected chi connectivity index (χ0v) is 52.1. The van der Waals surface area contributed by atoms with Crippen LogP contribution in [0.4, 0.5) is 22.7 Å². The first-order valence-corrected chi connectivity index (χ1v) is 32.1. The smallest absolute Gasteiger partial charge is 0.183 e. The maximum atomic E-state index is 7.28. The van der Waals surface area contributed by atoms with Crippen molar-refractivity contribution >= 4 is 85.1 Å². The minimum Gasteiger partial charge on any atom is -0.457 e. The van der Waals surface area contributed by atoms with Crippen LogP contribution in [-0.2, 0) is 21.7 Å². The molecule has 9 aromatic carbocycles. The molecule has 2 aromatic heterocycles. The van der Waals surface area contributed by atoms with Gasteiger partial charge < -0.3 is 15.0 Å². The summed E-state index contributed by atoms with van der Waals surface area (Å²) in [5.41, 5.74) is 16.1. The summed E-state index contributed by atoms with van der Waals surface area (Å²) in [5.74, 6) is 2.45. The number of hydrogen-bond donors (Lipinski definition) is 1. The van der Waals surface area contributed by atoms with E-state index in [0.29, 0.717) is 0 Å². The maximum Gasteiger partial charge on any atom is 0.183 e. The predicted molar refractivity (Wildman–Crippen MR) is 356 cm³/mol. The minimum atomic E-state index is -2.87. The van der Waals surface area contributed by atoms with Crippen molar-refractivity contribution in [3.63, 3.8) is 0 Å². The lowest BCUT2D eigenvalue weighted by Crippen LogP contribution is -2.75. The minimum absolute atomic E-state index is 0.0540. The Kier molecular flexibility index (Phi) is 12.9. The molecule has 414 valence electrons. The van der Waals surface area contributed by atoms with Crippen molar-refractivity contribution < 1.29 is 4.74 Å². The SMILES string of the molecule is CN(c1ccccc1Nc1cccc(Oc2cc3c4c5c(cccc5n(-c5cc(C(C)(C)C)ccn5)c4c2)[Si]32c3ccccc3Sc3ccccc32)c1)c1c(-c2ccccc2)cc(C(C)(C)C)cc1-c1cc(C(C)(C)C)cc(C(C)(C)C)c1. The summed E-state index contributed by atoms with van der Waals surface area (Å²) in [6, 6.07) is 74.6. The summed E-state index contributed by atoms with van der Waals surface area (Å²) in [6.07, 6.45) is 1.97. The van der Waals surface area contributed by atoms with E-state index in [-0.39, 0.29) is 21.7 Å². The first-order chi connectivity index (χ1) is 39.6. The molecule has 0 bridgehead atoms. The standard InChI is InChI=1S/C76H74N4OSSi/c1-73(2,3)50-37-38-77-69(44-50)80-61-31-24-36-67-70(61)71-62(80)46-56(47-68(71)83(67)65-34-21-19-32-63(65)82-64-33-20-22-35-66(64)83)81-55-28-23-27-54(45-55)78-59-29-17-18-30-60(59)79(13)72-57(48-25-15-14-16-26-48)42-53(76(10,11)12)43-58(72)49-39-51(74(4,5)6)41-52(40-49)75(7,8)9/h14-47,78H,1-13H3. The second kappa shape index (κ2) is 19.8. The van der Waals surface area contributed by atoms with Gasteiger partial charge in [-0.3, -0.25) is 4.57 Å². The van der Waals surface area contributed by atoms with Crippen LogP contribution >= 0.6 is 11.8 Å². The Morgan fingerprint density at radius 3 is 1.69 bits per heavy atom. The molecule has 0 unspecified atom stereocenters. The van der Waals surface area contributed by atoms with Gasteiger partial charge in [-0.1, -0.05) is 210 Å². The first kappa shape index (κ1) is 54.2. The number of fused-ring (bicyclic) bond motifs is 6. The summed E-state index contributed by atoms with van der Waals surface area (Å²) in [5, 5.41) is 12.2. The molecule has 0 atom stereocenters. The highest BCUT2D eigenvalue weighted by atomic mass is 32.2. The summed E-state index contributed by atoms with van der Waals surface area (Å²) >= 11 is 1.90. The number of benzene rings is 9. The molecule has 0 aliphatic carbocycles. The molecular formula is C76H74N4OSSi. The second-order valence-electron chi connectivity index (χ2n) is 27.1. The highest BCUT2D eigenvalue weighted by Crippen LogP contribution is 2.49. The Morgan fingerprint density at radius 1 is 0.458 bits per heavy atom. The van der Waals surface area contributed by atoms with E-state index in [1.54, 1.807) is 0 Å². The monoisotopic (exact) mass is 1120 g/mol. The number of nitrogens with one attached hydrogen (secondary N) is 1. The largest absolute Gasteiger partial charge is 0.457 e. The summed E-state index contributed by atoms with van der Waals surface area (Å²) in [7, 11) is -0.640. The molecule has 5 nitrogen and oxygen atoms in total. The van der Waals surface area contributed by atoms with E-state index in [9.17, 15) is 0 Å². The average Bonchev–Trinajstić information content (AvgIpc) is 1.75. The van der Waals surface area contributed by atoms with Gasteiger partial charge in [0, 0.05) is 62.8 Å². The predicted octanol–water partition coefficient (Wildman–Crippen LogP) is 18.2. The van der Waals surface area contributed by atoms with Gasteiger partial charge in [0.15, 0.2) is 8.07 Å². The molecule has 83 heavy (non-hydrogen) atoms. The number of ether oxygens (including phenoxy) is 1. The van der Waals surface area contributed by atoms with Gasteiger partial charge in [0.25, 0.3) is 0 Å². The van der Waals surface area contributed by atoms with Crippen molar-refractivity contribution in [2.24, 2.45) is 0 Å². The fourth-order valence-corrected chi connectivity index (χ4v) is 20.3. The van der Waals surface area contributed by atoms with Crippen LogP contribution < -0.4 is 35.7 Å². The van der Waals surface area contributed by atoms with Gasteiger partial charge in [-0.2, -0.15) is 0 Å². The Hall–Kier alpha value is -8.10. The molecule has 4 heterocycles. The number of para-hydroxylation sites is 2. The second-order valence-corrected chi connectivity index (χ2v) is 31.8. The third-order valence-electron chi connectivity index (χ3n) is 17.3. The Bertz CT molecular complexity index is 4300. The van der Waals surface area contributed by atoms with Gasteiger partial charge >= 0.3 is 0 Å². The Labute approximate surface area is 496 Å². The lowest BCUT2D eigenvalue weighted by Gasteiger charge is -2.38. The van der Waals surface area contributed by atoms with Crippen LogP contribution in [0.2, 0.25) is 0 Å². The molecule has 2 aliphatic heterocycles. The van der Waals surface area contributed by atoms with E-state index in [4.69, 9.17) is 9.72 Å². The highest BCUT2D eigenvalue weighted by Gasteiger charge is 2.53. The van der Waals surface area contributed by atoms with E-state index in [1.165, 1.54) is 91.3 Å². The first-order valence-electron chi connectivity index (χ1n) is 29.3. The molecule has 0 radical (unpaired) electrons. The molecular weight excluding hydrogens is 1050 g/mol. The molecule has 0 saturated carbocycles. The van der Waals surface area contributed by atoms with Crippen LogP contribution in [0.5, 0.6) is 11.5 Å². The van der Waals surface area contributed by atoms with Crippen LogP contribution in [-0.4, -0.2) is 24.7 Å². The molecule has 13 rings (SSSR count). The summed E-state index contributed by atoms with van der Waals surface area (Å²) in [4.78, 5) is 10.2. The van der Waals surface area contributed by atoms with Crippen molar-refractivity contribution in [3.05, 3.63) is 229 Å². The van der Waals surface area contributed by atoms with Crippen LogP contribution in [0.15, 0.2) is 216 Å². The number of hydrogen-bond acceptors (Lipinski definition) is 5. The normalized spacial score (nSPS) is 13.7. The van der Waals surface area contributed by atoms with E-state index in [0.717, 1.165) is 45.6 Å². The molecule has 7 heteroatoms. The topological polar surface area (TPSA) is 42.3 Å². The highest BCUT2D eigenvalue weighted by molar-refractivity contribution is 8.00. The van der Waals surface area contributed by atoms with Crippen molar-refractivity contribution in [1.29, 1.82) is 0 Å². The molecule has 11 aromatic rings. The molecule has 2 aliphatic rings. The van der Waals surface area contributed by atoms with Gasteiger partial charge in [0.05, 0.1) is 28.1 Å². The molecule has 1 spiro atoms. The number of aromatic nitrogens is 2. The van der Waals surface area contributed by atoms with Crippen molar-refractivity contribution in [2.45, 2.75) is 115 Å². The van der Waals surface area contributed by atoms with Gasteiger partial charge in [-0.25, -0.2) is 4.98 Å². The number of pyridine rings is 1. The van der Waals surface area contributed by atoms with Crippen LogP contribution in [0.1, 0.15) is 105 Å². The number of rotatable bonds is 9. The molecule has 0 fully saturated rings. The Morgan fingerprint density at radius 2 is 1.02 bits per heavy atom. The van der Waals surface area contributed by atoms with Gasteiger partial charge in [0.1, 0.15) is 17.3 Å². The van der Waals surface area contributed by atoms with E-state index < -0.39 is 8.07 Å². The quantitative estimate of drug-likeness (QED) is 0.146. The van der Waals surface area contributed by atoms with Crippen molar-refractivity contribution in [1.82, 2.24) is 9.55 Å². The lowest BCUT2D eigenvalue weighted by molar-refractivity contribution is 0.484. The fraction of sp³-hybridized carbons (Fsp3) is 0.224. The molecule has 0 saturated heterocycles. The summed E-state index contributed by atoms with van der Waals surface area (Å²) in [6.45, 7) is 27.8. The van der Waals surface area contributed by atoms with E-state index >= 15 is 0 Å². The molecule has 0 amide bonds. The van der Waals surface area contributed by atoms with E-state index in [1.807, 2.05) is 18.0 Å². The van der Waals surface area contributed by atoms with Gasteiger partial charge in [-0.05, 0) is 149 Å². The van der Waals surface area contributed by atoms with Crippen LogP contribution in [0.3, 0.4) is 0 Å². The fourth-order valence-electron chi connectivity index (χ4n) is 12.9. The maximum absolute atomic E-state index is 7.28. The third kappa shape index (κ3) is 9.28. The van der Waals surface area contributed by atoms with Crippen LogP contribution in [0.25, 0.3) is 49.9 Å². The molecule has 1 N–H and O–H groups in total. The van der Waals surface area contributed by atoms with Gasteiger partial charge in [0.2, 0.25) is 0 Å². The Balaban J connectivity index is 0.945. The van der Waals surface area contributed by atoms with Crippen molar-refractivity contribution in [2.75, 3.05) is 17.3 Å². The lowest BCUT2D eigenvalue weighted by atomic mass is 9.77.